The summed E-state index contributed by atoms with van der Waals surface area (Å²) in [5.41, 5.74) is 8.77. The van der Waals surface area contributed by atoms with Crippen LogP contribution in [0.1, 0.15) is 28.8 Å². The number of anilines is 1. The Kier molecular flexibility index (Phi) is 4.71. The lowest BCUT2D eigenvalue weighted by Crippen LogP contribution is -2.35. The number of carbonyl (C=O) groups excluding carboxylic acids is 1. The number of nitrogens with two attached hydrogens (primary N) is 1. The van der Waals surface area contributed by atoms with Crippen LogP contribution in [0, 0.1) is 5.92 Å². The minimum Gasteiger partial charge on any atom is -0.496 e. The topological polar surface area (TPSA) is 84.2 Å². The van der Waals surface area contributed by atoms with Gasteiger partial charge in [0.15, 0.2) is 0 Å². The second-order valence-electron chi connectivity index (χ2n) is 7.11. The number of aromatic nitrogens is 2. The third-order valence-corrected chi connectivity index (χ3v) is 5.34. The minimum atomic E-state index is -0.514. The number of ether oxygens (including phenoxy) is 1. The number of benzene rings is 2. The molecule has 3 N–H and O–H groups in total. The first-order chi connectivity index (χ1) is 13.1. The summed E-state index contributed by atoms with van der Waals surface area (Å²) in [6, 6.07) is 14.2. The summed E-state index contributed by atoms with van der Waals surface area (Å²) >= 11 is 0. The predicted octanol–water partition coefficient (Wildman–Crippen LogP) is 3.13. The minimum absolute atomic E-state index is 0.351. The van der Waals surface area contributed by atoms with Crippen LogP contribution < -0.4 is 15.4 Å². The number of primary amides is 1. The van der Waals surface area contributed by atoms with Crippen LogP contribution in [-0.2, 0) is 6.42 Å². The van der Waals surface area contributed by atoms with Crippen molar-refractivity contribution in [3.63, 3.8) is 0 Å². The number of imidazole rings is 1. The van der Waals surface area contributed by atoms with Gasteiger partial charge in [0.1, 0.15) is 5.75 Å². The molecule has 1 aliphatic rings. The molecule has 1 saturated heterocycles. The summed E-state index contributed by atoms with van der Waals surface area (Å²) < 4.78 is 5.28. The van der Waals surface area contributed by atoms with E-state index in [1.165, 1.54) is 12.7 Å². The highest BCUT2D eigenvalue weighted by Gasteiger charge is 2.22. The highest BCUT2D eigenvalue weighted by Crippen LogP contribution is 2.29. The number of amides is 1. The van der Waals surface area contributed by atoms with Crippen LogP contribution in [0.15, 0.2) is 42.5 Å². The summed E-state index contributed by atoms with van der Waals surface area (Å²) in [5.74, 6) is 1.49. The van der Waals surface area contributed by atoms with E-state index in [2.05, 4.69) is 45.2 Å². The predicted molar refractivity (Wildman–Crippen MR) is 106 cm³/mol. The number of nitrogens with zero attached hydrogens (tertiary/aromatic N) is 2. The van der Waals surface area contributed by atoms with E-state index < -0.39 is 5.91 Å². The molecule has 2 aromatic carbocycles. The van der Waals surface area contributed by atoms with Gasteiger partial charge in [0.2, 0.25) is 5.95 Å². The molecular formula is C21H24N4O2. The number of aromatic amines is 1. The Morgan fingerprint density at radius 1 is 1.26 bits per heavy atom. The Morgan fingerprint density at radius 3 is 2.67 bits per heavy atom. The number of carbonyl (C=O) groups is 1. The fraction of sp³-hybridized carbons (Fsp3) is 0.333. The first kappa shape index (κ1) is 17.4. The van der Waals surface area contributed by atoms with Crippen molar-refractivity contribution in [1.29, 1.82) is 0 Å². The molecule has 2 heterocycles. The van der Waals surface area contributed by atoms with Gasteiger partial charge in [-0.1, -0.05) is 30.3 Å². The van der Waals surface area contributed by atoms with Crippen LogP contribution in [0.5, 0.6) is 5.75 Å². The van der Waals surface area contributed by atoms with E-state index in [0.717, 1.165) is 49.3 Å². The first-order valence-corrected chi connectivity index (χ1v) is 9.30. The number of methoxy groups -OCH3 is 1. The maximum Gasteiger partial charge on any atom is 0.252 e. The largest absolute Gasteiger partial charge is 0.496 e. The lowest BCUT2D eigenvalue weighted by Gasteiger charge is -2.31. The summed E-state index contributed by atoms with van der Waals surface area (Å²) in [5, 5.41) is 0. The van der Waals surface area contributed by atoms with Gasteiger partial charge in [-0.3, -0.25) is 4.79 Å². The van der Waals surface area contributed by atoms with E-state index in [0.29, 0.717) is 17.2 Å². The molecule has 0 radical (unpaired) electrons. The van der Waals surface area contributed by atoms with E-state index in [1.54, 1.807) is 12.1 Å². The van der Waals surface area contributed by atoms with Crippen LogP contribution in [-0.4, -0.2) is 36.1 Å². The maximum atomic E-state index is 11.6. The molecule has 4 rings (SSSR count). The van der Waals surface area contributed by atoms with Crippen LogP contribution in [0.25, 0.3) is 11.0 Å². The van der Waals surface area contributed by atoms with Crippen molar-refractivity contribution in [1.82, 2.24) is 9.97 Å². The summed E-state index contributed by atoms with van der Waals surface area (Å²) in [6.45, 7) is 1.94. The number of H-pyrrole nitrogens is 1. The molecule has 0 atom stereocenters. The fourth-order valence-electron chi connectivity index (χ4n) is 3.83. The Hall–Kier alpha value is -3.02. The van der Waals surface area contributed by atoms with Gasteiger partial charge in [0.05, 0.1) is 23.7 Å². The summed E-state index contributed by atoms with van der Waals surface area (Å²) in [6.07, 6.45) is 3.41. The molecule has 0 saturated carbocycles. The lowest BCUT2D eigenvalue weighted by molar-refractivity contribution is 0.0997. The third-order valence-electron chi connectivity index (χ3n) is 5.34. The molecule has 1 fully saturated rings. The molecule has 1 amide bonds. The average molecular weight is 364 g/mol. The van der Waals surface area contributed by atoms with E-state index in [-0.39, 0.29) is 0 Å². The molecule has 0 bridgehead atoms. The number of rotatable bonds is 5. The van der Waals surface area contributed by atoms with Crippen LogP contribution >= 0.6 is 0 Å². The van der Waals surface area contributed by atoms with Gasteiger partial charge in [-0.25, -0.2) is 4.98 Å². The normalized spacial score (nSPS) is 15.2. The highest BCUT2D eigenvalue weighted by molar-refractivity contribution is 5.99. The van der Waals surface area contributed by atoms with Crippen LogP contribution in [0.2, 0.25) is 0 Å². The lowest BCUT2D eigenvalue weighted by atomic mass is 9.90. The molecular weight excluding hydrogens is 340 g/mol. The van der Waals surface area contributed by atoms with Gasteiger partial charge in [-0.15, -0.1) is 0 Å². The van der Waals surface area contributed by atoms with Crippen molar-refractivity contribution < 1.29 is 9.53 Å². The third kappa shape index (κ3) is 3.60. The molecule has 1 aromatic heterocycles. The summed E-state index contributed by atoms with van der Waals surface area (Å²) in [4.78, 5) is 21.9. The van der Waals surface area contributed by atoms with Gasteiger partial charge in [0.25, 0.3) is 5.91 Å². The molecule has 0 aliphatic carbocycles. The Labute approximate surface area is 158 Å². The number of hydrogen-bond acceptors (Lipinski definition) is 4. The van der Waals surface area contributed by atoms with Gasteiger partial charge < -0.3 is 20.4 Å². The Morgan fingerprint density at radius 2 is 2.00 bits per heavy atom. The number of nitrogens with one attached hydrogen (secondary N) is 1. The van der Waals surface area contributed by atoms with Gasteiger partial charge in [-0.05, 0) is 36.8 Å². The van der Waals surface area contributed by atoms with Crippen molar-refractivity contribution in [2.75, 3.05) is 25.1 Å². The smallest absolute Gasteiger partial charge is 0.252 e. The molecule has 1 aliphatic heterocycles. The van der Waals surface area contributed by atoms with Gasteiger partial charge >= 0.3 is 0 Å². The molecule has 0 unspecified atom stereocenters. The fourth-order valence-corrected chi connectivity index (χ4v) is 3.83. The van der Waals surface area contributed by atoms with Gasteiger partial charge in [0, 0.05) is 19.2 Å². The second-order valence-corrected chi connectivity index (χ2v) is 7.11. The van der Waals surface area contributed by atoms with E-state index in [9.17, 15) is 4.79 Å². The van der Waals surface area contributed by atoms with E-state index in [1.807, 2.05) is 0 Å². The van der Waals surface area contributed by atoms with Crippen molar-refractivity contribution >= 4 is 22.9 Å². The first-order valence-electron chi connectivity index (χ1n) is 9.30. The average Bonchev–Trinajstić information content (AvgIpc) is 3.11. The maximum absolute atomic E-state index is 11.6. The summed E-state index contributed by atoms with van der Waals surface area (Å²) in [7, 11) is 1.53. The molecule has 140 valence electrons. The van der Waals surface area contributed by atoms with Crippen LogP contribution in [0.4, 0.5) is 5.95 Å². The highest BCUT2D eigenvalue weighted by atomic mass is 16.5. The van der Waals surface area contributed by atoms with Crippen molar-refractivity contribution in [3.8, 4) is 5.75 Å². The molecule has 27 heavy (non-hydrogen) atoms. The van der Waals surface area contributed by atoms with Crippen molar-refractivity contribution in [2.45, 2.75) is 19.3 Å². The number of piperidine rings is 1. The molecule has 6 heteroatoms. The Balaban J connectivity index is 1.48. The van der Waals surface area contributed by atoms with E-state index >= 15 is 0 Å². The monoisotopic (exact) mass is 364 g/mol. The van der Waals surface area contributed by atoms with Crippen molar-refractivity contribution in [2.24, 2.45) is 11.7 Å². The Bertz CT molecular complexity index is 943. The zero-order valence-corrected chi connectivity index (χ0v) is 15.4. The molecule has 0 spiro atoms. The zero-order valence-electron chi connectivity index (χ0n) is 15.4. The molecule has 6 nitrogen and oxygen atoms in total. The number of fused-ring (bicyclic) bond motifs is 1. The second kappa shape index (κ2) is 7.31. The standard InChI is InChI=1S/C21H24N4O2/c1-27-19-13-18-17(12-16(19)20(22)26)23-21(24-18)25-9-7-15(8-10-25)11-14-5-3-2-4-6-14/h2-6,12-13,15H,7-11H2,1H3,(H2,22,26)(H,23,24). The van der Waals surface area contributed by atoms with Crippen molar-refractivity contribution in [3.05, 3.63) is 53.6 Å². The zero-order chi connectivity index (χ0) is 18.8. The van der Waals surface area contributed by atoms with Gasteiger partial charge in [-0.2, -0.15) is 0 Å². The quantitative estimate of drug-likeness (QED) is 0.728. The van der Waals surface area contributed by atoms with Crippen LogP contribution in [0.3, 0.4) is 0 Å². The van der Waals surface area contributed by atoms with E-state index in [4.69, 9.17) is 10.5 Å². The number of hydrogen-bond donors (Lipinski definition) is 2. The molecule has 3 aromatic rings. The SMILES string of the molecule is COc1cc2[nH]c(N3CCC(Cc4ccccc4)CC3)nc2cc1C(N)=O.